The van der Waals surface area contributed by atoms with E-state index in [-0.39, 0.29) is 37.1 Å². The van der Waals surface area contributed by atoms with Crippen molar-refractivity contribution in [2.75, 3.05) is 26.4 Å². The van der Waals surface area contributed by atoms with Gasteiger partial charge < -0.3 is 28.4 Å². The highest BCUT2D eigenvalue weighted by Crippen LogP contribution is 2.32. The van der Waals surface area contributed by atoms with E-state index in [0.717, 1.165) is 6.08 Å². The van der Waals surface area contributed by atoms with Crippen molar-refractivity contribution < 1.29 is 42.8 Å². The third-order valence-corrected chi connectivity index (χ3v) is 4.97. The van der Waals surface area contributed by atoms with Crippen molar-refractivity contribution in [3.63, 3.8) is 0 Å². The summed E-state index contributed by atoms with van der Waals surface area (Å²) in [4.78, 5) is 35.0. The number of hydrogen-bond acceptors (Lipinski definition) is 9. The molecule has 2 fully saturated rings. The van der Waals surface area contributed by atoms with Crippen LogP contribution in [0.5, 0.6) is 5.75 Å². The van der Waals surface area contributed by atoms with E-state index in [2.05, 4.69) is 6.58 Å². The van der Waals surface area contributed by atoms with Crippen LogP contribution in [0.2, 0.25) is 0 Å². The van der Waals surface area contributed by atoms with E-state index >= 15 is 0 Å². The highest BCUT2D eigenvalue weighted by Gasteiger charge is 2.47. The van der Waals surface area contributed by atoms with E-state index in [0.29, 0.717) is 31.6 Å². The van der Waals surface area contributed by atoms with Crippen molar-refractivity contribution in [3.8, 4) is 5.75 Å². The van der Waals surface area contributed by atoms with E-state index in [4.69, 9.17) is 28.4 Å². The first kappa shape index (κ1) is 22.8. The van der Waals surface area contributed by atoms with Crippen LogP contribution in [0.3, 0.4) is 0 Å². The number of unbranched alkanes of at least 4 members (excludes halogenated alkanes) is 1. The van der Waals surface area contributed by atoms with Gasteiger partial charge in [0.2, 0.25) is 0 Å². The van der Waals surface area contributed by atoms with E-state index in [1.54, 1.807) is 0 Å². The Hall–Kier alpha value is -2.91. The molecule has 0 radical (unpaired) electrons. The number of carbonyl (C=O) groups excluding carboxylic acids is 3. The van der Waals surface area contributed by atoms with Crippen LogP contribution in [-0.2, 0) is 28.5 Å². The summed E-state index contributed by atoms with van der Waals surface area (Å²) in [6.07, 6.45) is 0.573. The van der Waals surface area contributed by atoms with Gasteiger partial charge in [0, 0.05) is 12.0 Å². The monoisotopic (exact) mass is 434 g/mol. The molecule has 0 saturated carbocycles. The van der Waals surface area contributed by atoms with Gasteiger partial charge in [-0.15, -0.1) is 0 Å². The van der Waals surface area contributed by atoms with Crippen molar-refractivity contribution in [2.45, 2.75) is 38.1 Å². The maximum Gasteiger partial charge on any atom is 0.513 e. The highest BCUT2D eigenvalue weighted by molar-refractivity contribution is 5.89. The number of carbonyl (C=O) groups is 3. The van der Waals surface area contributed by atoms with Crippen molar-refractivity contribution >= 4 is 18.1 Å². The highest BCUT2D eigenvalue weighted by atomic mass is 16.7. The van der Waals surface area contributed by atoms with E-state index in [9.17, 15) is 14.4 Å². The largest absolute Gasteiger partial charge is 0.513 e. The first-order valence-corrected chi connectivity index (χ1v) is 10.2. The molecule has 0 aliphatic carbocycles. The molecular formula is C22H26O9. The molecule has 1 aromatic rings. The smallest absolute Gasteiger partial charge is 0.463 e. The molecule has 2 heterocycles. The Bertz CT molecular complexity index is 789. The third-order valence-electron chi connectivity index (χ3n) is 4.97. The summed E-state index contributed by atoms with van der Waals surface area (Å²) < 4.78 is 31.7. The van der Waals surface area contributed by atoms with Crippen LogP contribution >= 0.6 is 0 Å². The fourth-order valence-corrected chi connectivity index (χ4v) is 3.34. The SMILES string of the molecule is C=CC(=O)OCCCCOC(=O)Oc1ccc(C(=O)O[C@H]2COC3C2OC[C@H]3C)cc1. The number of esters is 2. The van der Waals surface area contributed by atoms with E-state index < -0.39 is 24.2 Å². The molecule has 9 heteroatoms. The molecule has 1 aromatic carbocycles. The van der Waals surface area contributed by atoms with Gasteiger partial charge in [0.25, 0.3) is 0 Å². The minimum Gasteiger partial charge on any atom is -0.463 e. The predicted molar refractivity (Wildman–Crippen MR) is 107 cm³/mol. The van der Waals surface area contributed by atoms with Gasteiger partial charge >= 0.3 is 18.1 Å². The molecule has 31 heavy (non-hydrogen) atoms. The zero-order valence-electron chi connectivity index (χ0n) is 17.3. The minimum absolute atomic E-state index is 0.0400. The van der Waals surface area contributed by atoms with E-state index in [1.807, 2.05) is 6.92 Å². The molecule has 168 valence electrons. The van der Waals surface area contributed by atoms with Crippen LogP contribution in [0.1, 0.15) is 30.1 Å². The molecule has 0 bridgehead atoms. The average molecular weight is 434 g/mol. The van der Waals surface area contributed by atoms with Crippen LogP contribution in [0.25, 0.3) is 0 Å². The maximum atomic E-state index is 12.4. The number of benzene rings is 1. The first-order valence-electron chi connectivity index (χ1n) is 10.2. The normalized spacial score (nSPS) is 24.2. The summed E-state index contributed by atoms with van der Waals surface area (Å²) in [5, 5.41) is 0. The zero-order valence-corrected chi connectivity index (χ0v) is 17.3. The van der Waals surface area contributed by atoms with Gasteiger partial charge in [0.15, 0.2) is 6.10 Å². The standard InChI is InChI=1S/C22H26O9/c1-3-18(23)26-10-4-5-11-27-22(25)30-16-8-6-15(7-9-16)21(24)31-17-13-29-19-14(2)12-28-20(17)19/h3,6-9,14,17,19-20H,1,4-5,10-13H2,2H3/t14-,17+,19?,20?/m1/s1. The molecule has 3 rings (SSSR count). The van der Waals surface area contributed by atoms with Gasteiger partial charge in [0.1, 0.15) is 11.9 Å². The Kier molecular flexibility index (Phi) is 8.02. The summed E-state index contributed by atoms with van der Waals surface area (Å²) in [5.74, 6) is -0.475. The number of hydrogen-bond donors (Lipinski definition) is 0. The lowest BCUT2D eigenvalue weighted by Crippen LogP contribution is -2.32. The number of fused-ring (bicyclic) bond motifs is 1. The molecule has 0 aromatic heterocycles. The van der Waals surface area contributed by atoms with Crippen LogP contribution < -0.4 is 4.74 Å². The quantitative estimate of drug-likeness (QED) is 0.191. The molecule has 2 saturated heterocycles. The minimum atomic E-state index is -0.861. The average Bonchev–Trinajstić information content (AvgIpc) is 3.34. The van der Waals surface area contributed by atoms with Crippen LogP contribution in [-0.4, -0.2) is 62.8 Å². The van der Waals surface area contributed by atoms with Gasteiger partial charge in [-0.05, 0) is 37.1 Å². The summed E-state index contributed by atoms with van der Waals surface area (Å²) in [5.41, 5.74) is 0.323. The molecule has 2 unspecified atom stereocenters. The van der Waals surface area contributed by atoms with Crippen molar-refractivity contribution in [3.05, 3.63) is 42.5 Å². The topological polar surface area (TPSA) is 107 Å². The van der Waals surface area contributed by atoms with Crippen LogP contribution in [0.15, 0.2) is 36.9 Å². The molecule has 2 aliphatic heterocycles. The fraction of sp³-hybridized carbons (Fsp3) is 0.500. The molecular weight excluding hydrogens is 408 g/mol. The lowest BCUT2D eigenvalue weighted by molar-refractivity contribution is -0.137. The fourth-order valence-electron chi connectivity index (χ4n) is 3.34. The molecule has 0 spiro atoms. The predicted octanol–water partition coefficient (Wildman–Crippen LogP) is 2.67. The zero-order chi connectivity index (χ0) is 22.2. The lowest BCUT2D eigenvalue weighted by atomic mass is 10.0. The molecule has 0 amide bonds. The van der Waals surface area contributed by atoms with Gasteiger partial charge in [-0.3, -0.25) is 0 Å². The van der Waals surface area contributed by atoms with Gasteiger partial charge in [-0.1, -0.05) is 13.5 Å². The summed E-state index contributed by atoms with van der Waals surface area (Å²) in [7, 11) is 0. The van der Waals surface area contributed by atoms with Crippen LogP contribution in [0, 0.1) is 5.92 Å². The lowest BCUT2D eigenvalue weighted by Gasteiger charge is -2.16. The molecule has 9 nitrogen and oxygen atoms in total. The maximum absolute atomic E-state index is 12.4. The molecule has 0 N–H and O–H groups in total. The molecule has 4 atom stereocenters. The van der Waals surface area contributed by atoms with Gasteiger partial charge in [-0.2, -0.15) is 0 Å². The number of ether oxygens (including phenoxy) is 6. The third kappa shape index (κ3) is 6.28. The van der Waals surface area contributed by atoms with Crippen molar-refractivity contribution in [2.24, 2.45) is 5.92 Å². The van der Waals surface area contributed by atoms with Gasteiger partial charge in [-0.25, -0.2) is 14.4 Å². The second kappa shape index (κ2) is 10.9. The Morgan fingerprint density at radius 1 is 1.03 bits per heavy atom. The van der Waals surface area contributed by atoms with Crippen LogP contribution in [0.4, 0.5) is 4.79 Å². The van der Waals surface area contributed by atoms with Crippen molar-refractivity contribution in [1.82, 2.24) is 0 Å². The van der Waals surface area contributed by atoms with E-state index in [1.165, 1.54) is 24.3 Å². The Morgan fingerprint density at radius 2 is 1.71 bits per heavy atom. The Morgan fingerprint density at radius 3 is 2.42 bits per heavy atom. The first-order chi connectivity index (χ1) is 15.0. The second-order valence-electron chi connectivity index (χ2n) is 7.32. The summed E-state index contributed by atoms with van der Waals surface area (Å²) >= 11 is 0. The summed E-state index contributed by atoms with van der Waals surface area (Å²) in [6.45, 7) is 6.59. The summed E-state index contributed by atoms with van der Waals surface area (Å²) in [6, 6.07) is 5.97. The Labute approximate surface area is 180 Å². The second-order valence-corrected chi connectivity index (χ2v) is 7.32. The van der Waals surface area contributed by atoms with Gasteiger partial charge in [0.05, 0.1) is 38.1 Å². The molecule has 2 aliphatic rings. The number of rotatable bonds is 9. The Balaban J connectivity index is 1.36. The van der Waals surface area contributed by atoms with Crippen molar-refractivity contribution in [1.29, 1.82) is 0 Å².